The lowest BCUT2D eigenvalue weighted by Gasteiger charge is -2.28. The number of carbonyl (C=O) groups is 6. The maximum absolute atomic E-state index is 14.4. The van der Waals surface area contributed by atoms with E-state index in [0.29, 0.717) is 12.5 Å². The van der Waals surface area contributed by atoms with Crippen molar-refractivity contribution in [1.29, 1.82) is 0 Å². The SMILES string of the molecule is CCN(CCCC[C@H](NC(=O)C(Cc1ccccc1)NC(=O)[C@H](C)NC(=O)C(Cc1ccccc1)NC(=O)C1CCCCC1)C(=O)NC(C(=O)NOC1CCCCCC1)[C@@H](C)O)C(C)C. The van der Waals surface area contributed by atoms with E-state index in [2.05, 4.69) is 57.7 Å². The average Bonchev–Trinajstić information content (AvgIpc) is 3.58. The number of hydroxylamine groups is 1. The second kappa shape index (κ2) is 28.2. The maximum Gasteiger partial charge on any atom is 0.268 e. The van der Waals surface area contributed by atoms with Crippen molar-refractivity contribution in [1.82, 2.24) is 37.0 Å². The molecule has 7 N–H and O–H groups in total. The smallest absolute Gasteiger partial charge is 0.268 e. The second-order valence-corrected chi connectivity index (χ2v) is 18.3. The number of carbonyl (C=O) groups excluding carboxylic acids is 6. The summed E-state index contributed by atoms with van der Waals surface area (Å²) in [6.45, 7) is 10.9. The molecule has 2 saturated carbocycles. The molecule has 0 aromatic heterocycles. The van der Waals surface area contributed by atoms with Crippen molar-refractivity contribution >= 4 is 35.4 Å². The fraction of sp³-hybridized carbons (Fsp3) is 0.640. The van der Waals surface area contributed by atoms with Gasteiger partial charge >= 0.3 is 0 Å². The van der Waals surface area contributed by atoms with Gasteiger partial charge in [-0.05, 0) is 96.9 Å². The van der Waals surface area contributed by atoms with Crippen LogP contribution in [0.25, 0.3) is 0 Å². The Morgan fingerprint density at radius 2 is 1.12 bits per heavy atom. The third-order valence-corrected chi connectivity index (χ3v) is 12.7. The van der Waals surface area contributed by atoms with Crippen LogP contribution in [0.1, 0.15) is 136 Å². The molecule has 0 heterocycles. The Morgan fingerprint density at radius 3 is 1.68 bits per heavy atom. The number of amides is 6. The van der Waals surface area contributed by atoms with Crippen molar-refractivity contribution in [3.8, 4) is 0 Å². The average molecular weight is 904 g/mol. The van der Waals surface area contributed by atoms with Crippen LogP contribution >= 0.6 is 0 Å². The first-order chi connectivity index (χ1) is 31.2. The molecular weight excluding hydrogens is 827 g/mol. The van der Waals surface area contributed by atoms with Crippen molar-refractivity contribution in [3.63, 3.8) is 0 Å². The highest BCUT2D eigenvalue weighted by atomic mass is 16.7. The first kappa shape index (κ1) is 52.8. The van der Waals surface area contributed by atoms with Gasteiger partial charge in [0.1, 0.15) is 30.2 Å². The number of hydrogen-bond donors (Lipinski definition) is 7. The van der Waals surface area contributed by atoms with Crippen LogP contribution in [0.2, 0.25) is 0 Å². The molecule has 2 fully saturated rings. The molecule has 4 rings (SSSR count). The second-order valence-electron chi connectivity index (χ2n) is 18.3. The summed E-state index contributed by atoms with van der Waals surface area (Å²) in [4.78, 5) is 91.0. The molecule has 2 aromatic carbocycles. The highest BCUT2D eigenvalue weighted by molar-refractivity contribution is 5.96. The van der Waals surface area contributed by atoms with E-state index in [9.17, 15) is 33.9 Å². The van der Waals surface area contributed by atoms with E-state index in [0.717, 1.165) is 101 Å². The number of unbranched alkanes of at least 4 members (excludes halogenated alkanes) is 1. The molecule has 15 heteroatoms. The van der Waals surface area contributed by atoms with Crippen LogP contribution in [0.4, 0.5) is 0 Å². The molecular formula is C50H77N7O8. The van der Waals surface area contributed by atoms with Crippen molar-refractivity contribution in [2.24, 2.45) is 5.92 Å². The summed E-state index contributed by atoms with van der Waals surface area (Å²) in [5, 5.41) is 24.7. The molecule has 15 nitrogen and oxygen atoms in total. The van der Waals surface area contributed by atoms with Crippen LogP contribution in [-0.4, -0.2) is 107 Å². The van der Waals surface area contributed by atoms with Crippen LogP contribution in [0.15, 0.2) is 60.7 Å². The standard InChI is InChI=1S/C50H77N7O8/c1-6-57(34(2)3)31-21-20-30-41(47(61)55-44(36(5)58)50(64)56-65-40-28-18-7-8-19-29-40)52-49(63)43(33-38-24-14-10-15-25-38)53-45(59)35(4)51-48(62)42(32-37-22-12-9-13-23-37)54-46(60)39-26-16-11-17-27-39/h9-10,12-15,22-25,34-36,39-44,58H,6-8,11,16-21,26-33H2,1-5H3,(H,51,62)(H,52,63)(H,53,59)(H,54,60)(H,55,61)(H,56,64)/t35-,36+,41-,42?,43?,44?/m0/s1. The van der Waals surface area contributed by atoms with Crippen LogP contribution in [0.5, 0.6) is 0 Å². The normalized spacial score (nSPS) is 17.7. The molecule has 3 unspecified atom stereocenters. The van der Waals surface area contributed by atoms with Crippen LogP contribution < -0.4 is 32.1 Å². The monoisotopic (exact) mass is 904 g/mol. The Morgan fingerprint density at radius 1 is 0.615 bits per heavy atom. The third-order valence-electron chi connectivity index (χ3n) is 12.7. The quantitative estimate of drug-likeness (QED) is 0.0424. The van der Waals surface area contributed by atoms with Crippen molar-refractivity contribution in [2.75, 3.05) is 13.1 Å². The fourth-order valence-corrected chi connectivity index (χ4v) is 8.66. The maximum atomic E-state index is 14.4. The predicted molar refractivity (Wildman–Crippen MR) is 251 cm³/mol. The van der Waals surface area contributed by atoms with E-state index >= 15 is 0 Å². The largest absolute Gasteiger partial charge is 0.391 e. The molecule has 0 aliphatic heterocycles. The molecule has 2 aliphatic carbocycles. The number of aliphatic hydroxyl groups excluding tert-OH is 1. The van der Waals surface area contributed by atoms with Gasteiger partial charge in [0.15, 0.2) is 0 Å². The molecule has 0 radical (unpaired) electrons. The van der Waals surface area contributed by atoms with Crippen molar-refractivity contribution < 1.29 is 38.7 Å². The Bertz CT molecular complexity index is 1770. The molecule has 2 aliphatic rings. The lowest BCUT2D eigenvalue weighted by molar-refractivity contribution is -0.146. The number of benzene rings is 2. The highest BCUT2D eigenvalue weighted by Gasteiger charge is 2.34. The minimum absolute atomic E-state index is 0.0680. The Kier molecular flexibility index (Phi) is 22.9. The zero-order valence-corrected chi connectivity index (χ0v) is 39.4. The highest BCUT2D eigenvalue weighted by Crippen LogP contribution is 2.24. The van der Waals surface area contributed by atoms with Gasteiger partial charge in [0.05, 0.1) is 12.2 Å². The first-order valence-corrected chi connectivity index (χ1v) is 24.2. The number of nitrogens with one attached hydrogen (secondary N) is 6. The molecule has 6 atom stereocenters. The third kappa shape index (κ3) is 18.5. The minimum atomic E-state index is -1.37. The van der Waals surface area contributed by atoms with E-state index in [1.807, 2.05) is 60.7 Å². The Labute approximate surface area is 386 Å². The minimum Gasteiger partial charge on any atom is -0.391 e. The van der Waals surface area contributed by atoms with E-state index in [1.165, 1.54) is 13.8 Å². The van der Waals surface area contributed by atoms with E-state index in [4.69, 9.17) is 4.84 Å². The summed E-state index contributed by atoms with van der Waals surface area (Å²) in [5.74, 6) is -3.54. The topological polar surface area (TPSA) is 207 Å². The van der Waals surface area contributed by atoms with Gasteiger partial charge in [-0.15, -0.1) is 0 Å². The number of hydrogen-bond acceptors (Lipinski definition) is 9. The summed E-state index contributed by atoms with van der Waals surface area (Å²) in [6, 6.07) is 13.1. The number of rotatable bonds is 25. The lowest BCUT2D eigenvalue weighted by atomic mass is 9.88. The number of nitrogens with zero attached hydrogens (tertiary/aromatic N) is 1. The van der Waals surface area contributed by atoms with Crippen LogP contribution in [-0.2, 0) is 46.4 Å². The van der Waals surface area contributed by atoms with Gasteiger partial charge in [-0.1, -0.05) is 113 Å². The molecule has 2 aromatic rings. The van der Waals surface area contributed by atoms with Gasteiger partial charge in [-0.25, -0.2) is 5.48 Å². The molecule has 65 heavy (non-hydrogen) atoms. The zero-order valence-electron chi connectivity index (χ0n) is 39.4. The summed E-state index contributed by atoms with van der Waals surface area (Å²) in [5.41, 5.74) is 4.05. The van der Waals surface area contributed by atoms with Gasteiger partial charge in [-0.3, -0.25) is 33.6 Å². The fourth-order valence-electron chi connectivity index (χ4n) is 8.66. The van der Waals surface area contributed by atoms with Crippen LogP contribution in [0.3, 0.4) is 0 Å². The molecule has 6 amide bonds. The van der Waals surface area contributed by atoms with Gasteiger partial charge in [0, 0.05) is 24.8 Å². The predicted octanol–water partition coefficient (Wildman–Crippen LogP) is 4.55. The van der Waals surface area contributed by atoms with E-state index in [1.54, 1.807) is 0 Å². The molecule has 0 spiro atoms. The summed E-state index contributed by atoms with van der Waals surface area (Å²) < 4.78 is 0. The summed E-state index contributed by atoms with van der Waals surface area (Å²) >= 11 is 0. The molecule has 360 valence electrons. The Balaban J connectivity index is 1.50. The first-order valence-electron chi connectivity index (χ1n) is 24.2. The summed E-state index contributed by atoms with van der Waals surface area (Å²) in [7, 11) is 0. The number of aliphatic hydroxyl groups is 1. The van der Waals surface area contributed by atoms with E-state index < -0.39 is 65.8 Å². The van der Waals surface area contributed by atoms with E-state index in [-0.39, 0.29) is 37.2 Å². The van der Waals surface area contributed by atoms with Gasteiger partial charge in [0.2, 0.25) is 29.5 Å². The summed E-state index contributed by atoms with van der Waals surface area (Å²) in [6.07, 6.45) is 10.6. The zero-order chi connectivity index (χ0) is 47.1. The van der Waals surface area contributed by atoms with Crippen molar-refractivity contribution in [2.45, 2.75) is 186 Å². The van der Waals surface area contributed by atoms with Gasteiger partial charge in [-0.2, -0.15) is 0 Å². The Hall–Kier alpha value is -4.86. The molecule has 0 saturated heterocycles. The van der Waals surface area contributed by atoms with Crippen molar-refractivity contribution in [3.05, 3.63) is 71.8 Å². The van der Waals surface area contributed by atoms with Crippen LogP contribution in [0, 0.1) is 5.92 Å². The molecule has 0 bridgehead atoms. The van der Waals surface area contributed by atoms with Gasteiger partial charge in [0.25, 0.3) is 5.91 Å². The lowest BCUT2D eigenvalue weighted by Crippen LogP contribution is -2.60. The van der Waals surface area contributed by atoms with Gasteiger partial charge < -0.3 is 36.6 Å².